The van der Waals surface area contributed by atoms with Gasteiger partial charge in [-0.15, -0.1) is 0 Å². The summed E-state index contributed by atoms with van der Waals surface area (Å²) in [5.74, 6) is 0.969. The number of likely N-dealkylation sites (tertiary alicyclic amines) is 1. The highest BCUT2D eigenvalue weighted by atomic mass is 16.5. The van der Waals surface area contributed by atoms with Crippen molar-refractivity contribution in [2.24, 2.45) is 5.92 Å². The highest BCUT2D eigenvalue weighted by molar-refractivity contribution is 5.93. The third-order valence-electron chi connectivity index (χ3n) is 3.95. The van der Waals surface area contributed by atoms with Crippen LogP contribution in [0.2, 0.25) is 0 Å². The molecule has 2 saturated heterocycles. The summed E-state index contributed by atoms with van der Waals surface area (Å²) in [5, 5.41) is 6.97. The van der Waals surface area contributed by atoms with E-state index in [2.05, 4.69) is 29.3 Å². The number of rotatable bonds is 3. The molecule has 0 saturated carbocycles. The number of nitrogens with one attached hydrogen (secondary N) is 1. The summed E-state index contributed by atoms with van der Waals surface area (Å²) in [6.07, 6.45) is 3.40. The van der Waals surface area contributed by atoms with E-state index in [-0.39, 0.29) is 23.4 Å². The molecule has 1 aromatic rings. The van der Waals surface area contributed by atoms with E-state index >= 15 is 0 Å². The number of nitrogens with zero attached hydrogens (tertiary/aromatic N) is 3. The minimum atomic E-state index is -0.298. The van der Waals surface area contributed by atoms with E-state index in [1.165, 1.54) is 6.33 Å². The average molecular weight is 250 g/mol. The molecule has 1 amide bonds. The van der Waals surface area contributed by atoms with Crippen molar-refractivity contribution < 1.29 is 9.32 Å². The third kappa shape index (κ3) is 1.55. The first-order valence-electron chi connectivity index (χ1n) is 6.47. The smallest absolute Gasteiger partial charge is 0.249 e. The number of hydrogen-bond donors (Lipinski definition) is 1. The minimum Gasteiger partial charge on any atom is -0.337 e. The maximum absolute atomic E-state index is 12.4. The maximum Gasteiger partial charge on any atom is 0.249 e. The number of carbonyl (C=O) groups excluding carboxylic acids is 1. The summed E-state index contributed by atoms with van der Waals surface area (Å²) in [4.78, 5) is 18.4. The van der Waals surface area contributed by atoms with E-state index in [4.69, 9.17) is 4.52 Å². The summed E-state index contributed by atoms with van der Waals surface area (Å²) in [7, 11) is 0. The molecule has 98 valence electrons. The van der Waals surface area contributed by atoms with E-state index in [9.17, 15) is 4.79 Å². The highest BCUT2D eigenvalue weighted by Crippen LogP contribution is 2.39. The average Bonchev–Trinajstić information content (AvgIpc) is 2.99. The van der Waals surface area contributed by atoms with Gasteiger partial charge in [-0.1, -0.05) is 19.0 Å². The molecule has 2 aliphatic rings. The summed E-state index contributed by atoms with van der Waals surface area (Å²) >= 11 is 0. The van der Waals surface area contributed by atoms with Gasteiger partial charge < -0.3 is 14.7 Å². The van der Waals surface area contributed by atoms with E-state index < -0.39 is 0 Å². The molecule has 2 aliphatic heterocycles. The molecule has 2 atom stereocenters. The highest BCUT2D eigenvalue weighted by Gasteiger charge is 2.56. The Kier molecular flexibility index (Phi) is 2.62. The zero-order chi connectivity index (χ0) is 12.8. The standard InChI is InChI=1S/C12H18N4O2/c1-8(2)9(10-13-7-15-18-10)16-6-12(11(16)17)4-3-5-14-12/h7-9,14H,3-6H2,1-2H3. The lowest BCUT2D eigenvalue weighted by Gasteiger charge is -2.50. The van der Waals surface area contributed by atoms with Gasteiger partial charge in [0.05, 0.1) is 0 Å². The van der Waals surface area contributed by atoms with Crippen LogP contribution in [-0.2, 0) is 4.79 Å². The Morgan fingerprint density at radius 1 is 1.56 bits per heavy atom. The third-order valence-corrected chi connectivity index (χ3v) is 3.95. The Labute approximate surface area is 106 Å². The summed E-state index contributed by atoms with van der Waals surface area (Å²) < 4.78 is 5.14. The van der Waals surface area contributed by atoms with Crippen LogP contribution in [0.3, 0.4) is 0 Å². The van der Waals surface area contributed by atoms with Crippen LogP contribution in [0.25, 0.3) is 0 Å². The van der Waals surface area contributed by atoms with Gasteiger partial charge in [0.15, 0.2) is 6.33 Å². The second kappa shape index (κ2) is 4.05. The zero-order valence-electron chi connectivity index (χ0n) is 10.7. The van der Waals surface area contributed by atoms with Crippen molar-refractivity contribution in [2.45, 2.75) is 38.3 Å². The van der Waals surface area contributed by atoms with Gasteiger partial charge in [-0.25, -0.2) is 0 Å². The van der Waals surface area contributed by atoms with Crippen molar-refractivity contribution in [3.8, 4) is 0 Å². The predicted molar refractivity (Wildman–Crippen MR) is 63.6 cm³/mol. The van der Waals surface area contributed by atoms with Gasteiger partial charge in [0.2, 0.25) is 11.8 Å². The Bertz CT molecular complexity index is 437. The normalized spacial score (nSPS) is 29.1. The van der Waals surface area contributed by atoms with Gasteiger partial charge >= 0.3 is 0 Å². The summed E-state index contributed by atoms with van der Waals surface area (Å²) in [6, 6.07) is -0.104. The number of aromatic nitrogens is 2. The Morgan fingerprint density at radius 3 is 2.89 bits per heavy atom. The number of β-lactam (4-membered cyclic amide) rings is 1. The molecular formula is C12H18N4O2. The zero-order valence-corrected chi connectivity index (χ0v) is 10.7. The van der Waals surface area contributed by atoms with Crippen LogP contribution in [0.15, 0.2) is 10.9 Å². The first kappa shape index (κ1) is 11.6. The molecule has 0 aromatic carbocycles. The van der Waals surface area contributed by atoms with Crippen molar-refractivity contribution in [3.63, 3.8) is 0 Å². The van der Waals surface area contributed by atoms with Crippen molar-refractivity contribution >= 4 is 5.91 Å². The molecule has 0 bridgehead atoms. The Balaban J connectivity index is 1.80. The van der Waals surface area contributed by atoms with Crippen LogP contribution in [0.5, 0.6) is 0 Å². The fraction of sp³-hybridized carbons (Fsp3) is 0.750. The number of hydrogen-bond acceptors (Lipinski definition) is 5. The molecule has 1 N–H and O–H groups in total. The summed E-state index contributed by atoms with van der Waals surface area (Å²) in [6.45, 7) is 5.81. The van der Waals surface area contributed by atoms with Crippen LogP contribution in [0, 0.1) is 5.92 Å². The van der Waals surface area contributed by atoms with Crippen LogP contribution in [0.1, 0.15) is 38.6 Å². The van der Waals surface area contributed by atoms with Gasteiger partial charge in [-0.05, 0) is 25.3 Å². The SMILES string of the molecule is CC(C)C(c1ncno1)N1CC2(CCCN2)C1=O. The molecule has 0 aliphatic carbocycles. The first-order valence-corrected chi connectivity index (χ1v) is 6.47. The van der Waals surface area contributed by atoms with Crippen molar-refractivity contribution in [2.75, 3.05) is 13.1 Å². The van der Waals surface area contributed by atoms with E-state index in [0.29, 0.717) is 5.89 Å². The fourth-order valence-electron chi connectivity index (χ4n) is 3.05. The van der Waals surface area contributed by atoms with Crippen molar-refractivity contribution in [1.82, 2.24) is 20.4 Å². The van der Waals surface area contributed by atoms with Crippen LogP contribution in [-0.4, -0.2) is 39.6 Å². The molecule has 18 heavy (non-hydrogen) atoms. The lowest BCUT2D eigenvalue weighted by molar-refractivity contribution is -0.159. The second-order valence-electron chi connectivity index (χ2n) is 5.51. The second-order valence-corrected chi connectivity index (χ2v) is 5.51. The largest absolute Gasteiger partial charge is 0.337 e. The Hall–Kier alpha value is -1.43. The number of amides is 1. The number of carbonyl (C=O) groups is 1. The van der Waals surface area contributed by atoms with E-state index in [1.54, 1.807) is 0 Å². The molecule has 2 unspecified atom stereocenters. The monoisotopic (exact) mass is 250 g/mol. The lowest BCUT2D eigenvalue weighted by atomic mass is 9.83. The van der Waals surface area contributed by atoms with Gasteiger partial charge in [0.1, 0.15) is 11.6 Å². The van der Waals surface area contributed by atoms with Crippen molar-refractivity contribution in [1.29, 1.82) is 0 Å². The molecule has 1 spiro atoms. The molecule has 2 fully saturated rings. The van der Waals surface area contributed by atoms with Gasteiger partial charge in [-0.3, -0.25) is 4.79 Å². The molecule has 6 heteroatoms. The molecule has 3 rings (SSSR count). The van der Waals surface area contributed by atoms with E-state index in [0.717, 1.165) is 25.9 Å². The van der Waals surface area contributed by atoms with Gasteiger partial charge in [-0.2, -0.15) is 4.98 Å². The molecule has 6 nitrogen and oxygen atoms in total. The first-order chi connectivity index (χ1) is 8.64. The molecule has 3 heterocycles. The lowest BCUT2D eigenvalue weighted by Crippen LogP contribution is -2.72. The van der Waals surface area contributed by atoms with Gasteiger partial charge in [0.25, 0.3) is 0 Å². The quantitative estimate of drug-likeness (QED) is 0.801. The van der Waals surface area contributed by atoms with Gasteiger partial charge in [0, 0.05) is 6.54 Å². The van der Waals surface area contributed by atoms with Crippen LogP contribution >= 0.6 is 0 Å². The molecule has 0 radical (unpaired) electrons. The van der Waals surface area contributed by atoms with E-state index in [1.807, 2.05) is 4.90 Å². The topological polar surface area (TPSA) is 71.3 Å². The molecule has 1 aromatic heterocycles. The van der Waals surface area contributed by atoms with Crippen molar-refractivity contribution in [3.05, 3.63) is 12.2 Å². The fourth-order valence-corrected chi connectivity index (χ4v) is 3.05. The minimum absolute atomic E-state index is 0.104. The Morgan fingerprint density at radius 2 is 2.39 bits per heavy atom. The molecular weight excluding hydrogens is 232 g/mol. The predicted octanol–water partition coefficient (Wildman–Crippen LogP) is 0.731. The van der Waals surface area contributed by atoms with Crippen LogP contribution in [0.4, 0.5) is 0 Å². The van der Waals surface area contributed by atoms with Crippen LogP contribution < -0.4 is 5.32 Å². The maximum atomic E-state index is 12.4. The summed E-state index contributed by atoms with van der Waals surface area (Å²) in [5.41, 5.74) is -0.298.